The second-order valence-electron chi connectivity index (χ2n) is 5.89. The number of ether oxygens (including phenoxy) is 2. The number of aliphatic imine (C=N–C) groups is 1. The minimum absolute atomic E-state index is 0. The number of thioether (sulfide) groups is 1. The van der Waals surface area contributed by atoms with Gasteiger partial charge in [0.2, 0.25) is 0 Å². The molecule has 0 spiro atoms. The third kappa shape index (κ3) is 7.94. The minimum Gasteiger partial charge on any atom is -0.497 e. The fourth-order valence-electron chi connectivity index (χ4n) is 2.83. The summed E-state index contributed by atoms with van der Waals surface area (Å²) in [5.41, 5.74) is 0. The Morgan fingerprint density at radius 2 is 2.12 bits per heavy atom. The molecule has 7 heteroatoms. The number of hydrogen-bond donors (Lipinski definition) is 2. The lowest BCUT2D eigenvalue weighted by atomic mass is 10.2. The standard InChI is InChI=1S/C18H29N3O2S.HI/c1-19-18(21-14-8-9-17(12-14)24-3)20-10-5-11-23-16-7-4-6-15(13-16)22-2;/h4,6-7,13-14,17H,5,8-12H2,1-3H3,(H2,19,20,21);1H. The molecule has 5 nitrogen and oxygen atoms in total. The number of halogens is 1. The van der Waals surface area contributed by atoms with Crippen LogP contribution in [0.4, 0.5) is 0 Å². The van der Waals surface area contributed by atoms with E-state index in [0.29, 0.717) is 12.6 Å². The molecule has 2 rings (SSSR count). The van der Waals surface area contributed by atoms with Crippen LogP contribution in [0, 0.1) is 0 Å². The zero-order valence-corrected chi connectivity index (χ0v) is 18.4. The van der Waals surface area contributed by atoms with Crippen molar-refractivity contribution in [2.24, 2.45) is 4.99 Å². The first-order valence-corrected chi connectivity index (χ1v) is 9.80. The third-order valence-corrected chi connectivity index (χ3v) is 5.30. The Morgan fingerprint density at radius 3 is 2.80 bits per heavy atom. The van der Waals surface area contributed by atoms with Gasteiger partial charge in [0, 0.05) is 31.0 Å². The first-order valence-electron chi connectivity index (χ1n) is 8.52. The molecule has 0 aliphatic heterocycles. The lowest BCUT2D eigenvalue weighted by Gasteiger charge is -2.17. The molecule has 1 aliphatic rings. The molecule has 1 fully saturated rings. The fraction of sp³-hybridized carbons (Fsp3) is 0.611. The summed E-state index contributed by atoms with van der Waals surface area (Å²) in [5.74, 6) is 2.55. The van der Waals surface area contributed by atoms with Gasteiger partial charge in [-0.1, -0.05) is 6.07 Å². The van der Waals surface area contributed by atoms with E-state index in [0.717, 1.165) is 35.7 Å². The molecule has 1 aromatic rings. The lowest BCUT2D eigenvalue weighted by Crippen LogP contribution is -2.43. The fourth-order valence-corrected chi connectivity index (χ4v) is 3.63. The number of benzene rings is 1. The largest absolute Gasteiger partial charge is 0.497 e. The van der Waals surface area contributed by atoms with Gasteiger partial charge in [-0.25, -0.2) is 0 Å². The Labute approximate surface area is 172 Å². The molecule has 2 atom stereocenters. The van der Waals surface area contributed by atoms with Crippen LogP contribution < -0.4 is 20.1 Å². The molecule has 2 unspecified atom stereocenters. The van der Waals surface area contributed by atoms with Crippen LogP contribution in [0.5, 0.6) is 11.5 Å². The third-order valence-electron chi connectivity index (χ3n) is 4.21. The molecule has 25 heavy (non-hydrogen) atoms. The van der Waals surface area contributed by atoms with E-state index < -0.39 is 0 Å². The van der Waals surface area contributed by atoms with Gasteiger partial charge in [0.25, 0.3) is 0 Å². The van der Waals surface area contributed by atoms with Gasteiger partial charge in [0.1, 0.15) is 11.5 Å². The van der Waals surface area contributed by atoms with Gasteiger partial charge in [0.05, 0.1) is 13.7 Å². The van der Waals surface area contributed by atoms with Crippen molar-refractivity contribution >= 4 is 41.7 Å². The Balaban J connectivity index is 0.00000312. The van der Waals surface area contributed by atoms with Crippen LogP contribution in [0.2, 0.25) is 0 Å². The molecule has 0 heterocycles. The van der Waals surface area contributed by atoms with E-state index in [9.17, 15) is 0 Å². The van der Waals surface area contributed by atoms with E-state index in [1.807, 2.05) is 43.1 Å². The molecular formula is C18H30IN3O2S. The summed E-state index contributed by atoms with van der Waals surface area (Å²) < 4.78 is 10.9. The highest BCUT2D eigenvalue weighted by atomic mass is 127. The van der Waals surface area contributed by atoms with E-state index in [1.165, 1.54) is 19.3 Å². The zero-order chi connectivity index (χ0) is 17.2. The van der Waals surface area contributed by atoms with Crippen molar-refractivity contribution in [3.05, 3.63) is 24.3 Å². The van der Waals surface area contributed by atoms with Gasteiger partial charge < -0.3 is 20.1 Å². The predicted octanol–water partition coefficient (Wildman–Crippen LogP) is 3.53. The van der Waals surface area contributed by atoms with Crippen molar-refractivity contribution in [2.75, 3.05) is 33.6 Å². The SMILES string of the molecule is CN=C(NCCCOc1cccc(OC)c1)NC1CCC(SC)C1.I. The molecule has 1 saturated carbocycles. The van der Waals surface area contributed by atoms with E-state index >= 15 is 0 Å². The van der Waals surface area contributed by atoms with Crippen LogP contribution in [-0.2, 0) is 0 Å². The van der Waals surface area contributed by atoms with Crippen LogP contribution >= 0.6 is 35.7 Å². The summed E-state index contributed by atoms with van der Waals surface area (Å²) in [7, 11) is 3.48. The molecule has 0 bridgehead atoms. The molecule has 142 valence electrons. The first kappa shape index (κ1) is 22.2. The Hall–Kier alpha value is -0.830. The van der Waals surface area contributed by atoms with Crippen LogP contribution in [0.15, 0.2) is 29.3 Å². The van der Waals surface area contributed by atoms with Gasteiger partial charge in [0.15, 0.2) is 5.96 Å². The smallest absolute Gasteiger partial charge is 0.191 e. The van der Waals surface area contributed by atoms with Crippen molar-refractivity contribution in [3.63, 3.8) is 0 Å². The summed E-state index contributed by atoms with van der Waals surface area (Å²) in [6, 6.07) is 8.23. The number of nitrogens with zero attached hydrogens (tertiary/aromatic N) is 1. The number of methoxy groups -OCH3 is 1. The Bertz CT molecular complexity index is 531. The highest BCUT2D eigenvalue weighted by Gasteiger charge is 2.24. The number of hydrogen-bond acceptors (Lipinski definition) is 4. The number of rotatable bonds is 8. The Morgan fingerprint density at radius 1 is 1.32 bits per heavy atom. The molecule has 1 aliphatic carbocycles. The van der Waals surface area contributed by atoms with Crippen LogP contribution in [0.1, 0.15) is 25.7 Å². The van der Waals surface area contributed by atoms with Crippen molar-refractivity contribution < 1.29 is 9.47 Å². The van der Waals surface area contributed by atoms with Gasteiger partial charge in [-0.3, -0.25) is 4.99 Å². The maximum absolute atomic E-state index is 5.74. The highest BCUT2D eigenvalue weighted by Crippen LogP contribution is 2.28. The summed E-state index contributed by atoms with van der Waals surface area (Å²) in [5, 5.41) is 7.68. The van der Waals surface area contributed by atoms with Crippen molar-refractivity contribution in [1.82, 2.24) is 10.6 Å². The van der Waals surface area contributed by atoms with Crippen molar-refractivity contribution in [1.29, 1.82) is 0 Å². The summed E-state index contributed by atoms with van der Waals surface area (Å²) in [6.07, 6.45) is 6.86. The normalized spacial score (nSPS) is 19.9. The maximum Gasteiger partial charge on any atom is 0.191 e. The second-order valence-corrected chi connectivity index (χ2v) is 7.03. The van der Waals surface area contributed by atoms with Gasteiger partial charge in [-0.15, -0.1) is 24.0 Å². The van der Waals surface area contributed by atoms with E-state index in [1.54, 1.807) is 7.11 Å². The van der Waals surface area contributed by atoms with Crippen LogP contribution in [0.25, 0.3) is 0 Å². The lowest BCUT2D eigenvalue weighted by molar-refractivity contribution is 0.308. The summed E-state index contributed by atoms with van der Waals surface area (Å²) in [6.45, 7) is 1.50. The summed E-state index contributed by atoms with van der Waals surface area (Å²) >= 11 is 1.97. The summed E-state index contributed by atoms with van der Waals surface area (Å²) in [4.78, 5) is 4.31. The van der Waals surface area contributed by atoms with Gasteiger partial charge in [-0.2, -0.15) is 11.8 Å². The van der Waals surface area contributed by atoms with Crippen LogP contribution in [0.3, 0.4) is 0 Å². The first-order chi connectivity index (χ1) is 11.7. The van der Waals surface area contributed by atoms with E-state index in [-0.39, 0.29) is 24.0 Å². The average Bonchev–Trinajstić information content (AvgIpc) is 3.08. The monoisotopic (exact) mass is 479 g/mol. The molecule has 1 aromatic carbocycles. The molecule has 0 radical (unpaired) electrons. The highest BCUT2D eigenvalue weighted by molar-refractivity contribution is 14.0. The Kier molecular flexibility index (Phi) is 11.1. The second kappa shape index (κ2) is 12.5. The molecule has 0 amide bonds. The average molecular weight is 479 g/mol. The molecule has 0 aromatic heterocycles. The van der Waals surface area contributed by atoms with E-state index in [2.05, 4.69) is 21.9 Å². The van der Waals surface area contributed by atoms with Crippen molar-refractivity contribution in [3.8, 4) is 11.5 Å². The quantitative estimate of drug-likeness (QED) is 0.259. The van der Waals surface area contributed by atoms with E-state index in [4.69, 9.17) is 9.47 Å². The number of guanidine groups is 1. The maximum atomic E-state index is 5.74. The zero-order valence-electron chi connectivity index (χ0n) is 15.3. The molecule has 2 N–H and O–H groups in total. The molecular weight excluding hydrogens is 449 g/mol. The topological polar surface area (TPSA) is 54.9 Å². The van der Waals surface area contributed by atoms with Gasteiger partial charge >= 0.3 is 0 Å². The predicted molar refractivity (Wildman–Crippen MR) is 118 cm³/mol. The number of nitrogens with one attached hydrogen (secondary N) is 2. The minimum atomic E-state index is 0. The van der Waals surface area contributed by atoms with Crippen LogP contribution in [-0.4, -0.2) is 50.8 Å². The van der Waals surface area contributed by atoms with Gasteiger partial charge in [-0.05, 0) is 44.1 Å². The van der Waals surface area contributed by atoms with Crippen molar-refractivity contribution in [2.45, 2.75) is 37.0 Å². The molecule has 0 saturated heterocycles.